The van der Waals surface area contributed by atoms with Gasteiger partial charge in [-0.2, -0.15) is 0 Å². The normalized spacial score (nSPS) is 55.6. The third-order valence-electron chi connectivity index (χ3n) is 9.34. The maximum absolute atomic E-state index is 12.4. The standard InChI is InChI=1S/C21H27NO7/c1-18(2)12-6-13(22-25)19(3)11(20(12)9-27-15(23)7-14(20)28-18)5-4-10-8-26-17(24)16-21(10,19)29-16/h10-12,14,16,25H,4-9H2,1-3H3/b22-13-. The van der Waals surface area contributed by atoms with Crippen molar-refractivity contribution in [3.05, 3.63) is 0 Å². The number of carbonyl (C=O) groups is 2. The summed E-state index contributed by atoms with van der Waals surface area (Å²) in [6, 6.07) is 0. The molecule has 8 unspecified atom stereocenters. The zero-order valence-corrected chi connectivity index (χ0v) is 17.0. The van der Waals surface area contributed by atoms with Crippen molar-refractivity contribution in [1.29, 1.82) is 0 Å². The second-order valence-corrected chi connectivity index (χ2v) is 10.4. The predicted molar refractivity (Wildman–Crippen MR) is 97.2 cm³/mol. The summed E-state index contributed by atoms with van der Waals surface area (Å²) >= 11 is 0. The maximum Gasteiger partial charge on any atom is 0.338 e. The fraction of sp³-hybridized carbons (Fsp3) is 0.857. The molecule has 0 aromatic rings. The first kappa shape index (κ1) is 18.1. The molecule has 4 heterocycles. The van der Waals surface area contributed by atoms with Gasteiger partial charge in [-0.25, -0.2) is 4.79 Å². The highest BCUT2D eigenvalue weighted by atomic mass is 16.7. The number of nitrogens with zero attached hydrogens (tertiary/aromatic N) is 1. The van der Waals surface area contributed by atoms with Crippen molar-refractivity contribution in [1.82, 2.24) is 0 Å². The molecule has 0 aromatic carbocycles. The van der Waals surface area contributed by atoms with E-state index in [-0.39, 0.29) is 47.6 Å². The lowest BCUT2D eigenvalue weighted by atomic mass is 9.40. The highest BCUT2D eigenvalue weighted by molar-refractivity contribution is 5.96. The van der Waals surface area contributed by atoms with Gasteiger partial charge in [0.15, 0.2) is 6.10 Å². The molecule has 0 bridgehead atoms. The van der Waals surface area contributed by atoms with Crippen LogP contribution in [-0.4, -0.2) is 59.5 Å². The second kappa shape index (κ2) is 5.14. The van der Waals surface area contributed by atoms with E-state index >= 15 is 0 Å². The average Bonchev–Trinajstić information content (AvgIpc) is 3.38. The predicted octanol–water partition coefficient (Wildman–Crippen LogP) is 1.67. The van der Waals surface area contributed by atoms with E-state index in [1.807, 2.05) is 0 Å². The first-order valence-corrected chi connectivity index (χ1v) is 10.6. The van der Waals surface area contributed by atoms with Crippen molar-refractivity contribution in [2.24, 2.45) is 33.7 Å². The minimum Gasteiger partial charge on any atom is -0.465 e. The monoisotopic (exact) mass is 405 g/mol. The Balaban J connectivity index is 1.54. The Morgan fingerprint density at radius 1 is 1.03 bits per heavy atom. The van der Waals surface area contributed by atoms with Crippen LogP contribution in [0.4, 0.5) is 0 Å². The molecule has 0 amide bonds. The molecule has 6 rings (SSSR count). The minimum absolute atomic E-state index is 0.0201. The van der Waals surface area contributed by atoms with Gasteiger partial charge in [0.25, 0.3) is 0 Å². The van der Waals surface area contributed by atoms with Crippen LogP contribution in [0.3, 0.4) is 0 Å². The van der Waals surface area contributed by atoms with Crippen molar-refractivity contribution in [2.75, 3.05) is 13.2 Å². The molecule has 1 N–H and O–H groups in total. The lowest BCUT2D eigenvalue weighted by Crippen LogP contribution is -2.70. The largest absolute Gasteiger partial charge is 0.465 e. The van der Waals surface area contributed by atoms with Crippen LogP contribution in [-0.2, 0) is 28.5 Å². The third-order valence-corrected chi connectivity index (χ3v) is 9.34. The molecule has 29 heavy (non-hydrogen) atoms. The minimum atomic E-state index is -0.703. The molecule has 158 valence electrons. The molecule has 4 saturated heterocycles. The summed E-state index contributed by atoms with van der Waals surface area (Å²) in [6.07, 6.45) is 1.63. The van der Waals surface area contributed by atoms with E-state index in [1.54, 1.807) is 0 Å². The summed E-state index contributed by atoms with van der Waals surface area (Å²) in [4.78, 5) is 24.5. The van der Waals surface area contributed by atoms with E-state index in [0.717, 1.165) is 12.8 Å². The van der Waals surface area contributed by atoms with Gasteiger partial charge in [-0.3, -0.25) is 4.79 Å². The molecule has 2 saturated carbocycles. The van der Waals surface area contributed by atoms with E-state index in [4.69, 9.17) is 18.9 Å². The first-order chi connectivity index (χ1) is 13.7. The van der Waals surface area contributed by atoms with E-state index in [1.165, 1.54) is 0 Å². The summed E-state index contributed by atoms with van der Waals surface area (Å²) < 4.78 is 23.7. The number of carbonyl (C=O) groups excluding carboxylic acids is 2. The quantitative estimate of drug-likeness (QED) is 0.283. The van der Waals surface area contributed by atoms with Crippen molar-refractivity contribution >= 4 is 17.7 Å². The Kier molecular flexibility index (Phi) is 3.21. The van der Waals surface area contributed by atoms with Gasteiger partial charge in [-0.1, -0.05) is 12.1 Å². The van der Waals surface area contributed by atoms with Gasteiger partial charge < -0.3 is 24.2 Å². The Bertz CT molecular complexity index is 854. The molecule has 8 nitrogen and oxygen atoms in total. The first-order valence-electron chi connectivity index (χ1n) is 10.6. The lowest BCUT2D eigenvalue weighted by Gasteiger charge is -2.62. The number of esters is 2. The number of hydrogen-bond acceptors (Lipinski definition) is 8. The lowest BCUT2D eigenvalue weighted by molar-refractivity contribution is -0.188. The molecule has 8 atom stereocenters. The van der Waals surface area contributed by atoms with Gasteiger partial charge in [-0.05, 0) is 39.0 Å². The summed E-state index contributed by atoms with van der Waals surface area (Å²) in [5.41, 5.74) is -1.52. The summed E-state index contributed by atoms with van der Waals surface area (Å²) in [6.45, 7) is 6.84. The third kappa shape index (κ3) is 1.79. The number of fused-ring (bicyclic) bond motifs is 1. The van der Waals surface area contributed by atoms with Crippen molar-refractivity contribution in [2.45, 2.75) is 69.9 Å². The molecular weight excluding hydrogens is 378 g/mol. The van der Waals surface area contributed by atoms with Crippen LogP contribution in [0.1, 0.15) is 46.5 Å². The van der Waals surface area contributed by atoms with Crippen LogP contribution in [0.2, 0.25) is 0 Å². The topological polar surface area (TPSA) is 107 Å². The molecule has 2 aliphatic carbocycles. The number of hydrogen-bond donors (Lipinski definition) is 1. The number of cyclic esters (lactones) is 2. The highest BCUT2D eigenvalue weighted by Gasteiger charge is 2.85. The summed E-state index contributed by atoms with van der Waals surface area (Å²) in [7, 11) is 0. The zero-order valence-electron chi connectivity index (χ0n) is 17.0. The summed E-state index contributed by atoms with van der Waals surface area (Å²) in [5.74, 6) is -0.399. The Morgan fingerprint density at radius 3 is 2.59 bits per heavy atom. The van der Waals surface area contributed by atoms with Crippen molar-refractivity contribution in [3.63, 3.8) is 0 Å². The van der Waals surface area contributed by atoms with Gasteiger partial charge in [0.05, 0.1) is 30.4 Å². The van der Waals surface area contributed by atoms with E-state index < -0.39 is 22.7 Å². The van der Waals surface area contributed by atoms with Crippen LogP contribution in [0.5, 0.6) is 0 Å². The number of rotatable bonds is 0. The smallest absolute Gasteiger partial charge is 0.338 e. The fourth-order valence-electron chi connectivity index (χ4n) is 8.18. The van der Waals surface area contributed by atoms with Crippen LogP contribution in [0.15, 0.2) is 5.16 Å². The van der Waals surface area contributed by atoms with Gasteiger partial charge in [0, 0.05) is 22.7 Å². The Hall–Kier alpha value is -1.67. The zero-order chi connectivity index (χ0) is 20.4. The Labute approximate surface area is 168 Å². The average molecular weight is 405 g/mol. The highest BCUT2D eigenvalue weighted by Crippen LogP contribution is 2.75. The maximum atomic E-state index is 12.4. The molecule has 6 fully saturated rings. The van der Waals surface area contributed by atoms with Crippen LogP contribution >= 0.6 is 0 Å². The van der Waals surface area contributed by atoms with Crippen LogP contribution < -0.4 is 0 Å². The number of ether oxygens (including phenoxy) is 4. The summed E-state index contributed by atoms with van der Waals surface area (Å²) in [5, 5.41) is 13.9. The van der Waals surface area contributed by atoms with Gasteiger partial charge in [0.1, 0.15) is 12.2 Å². The number of epoxide rings is 1. The van der Waals surface area contributed by atoms with E-state index in [9.17, 15) is 14.8 Å². The fourth-order valence-corrected chi connectivity index (χ4v) is 8.18. The van der Waals surface area contributed by atoms with E-state index in [0.29, 0.717) is 25.3 Å². The van der Waals surface area contributed by atoms with Crippen LogP contribution in [0, 0.1) is 28.6 Å². The van der Waals surface area contributed by atoms with Gasteiger partial charge in [-0.15, -0.1) is 0 Å². The van der Waals surface area contributed by atoms with Crippen molar-refractivity contribution in [3.8, 4) is 0 Å². The SMILES string of the molecule is CC1(C)OC2CC(=O)OCC23C1C/C(=N/O)C1(C)C3CCC2COC(=O)C3OC231. The van der Waals surface area contributed by atoms with Crippen LogP contribution in [0.25, 0.3) is 0 Å². The van der Waals surface area contributed by atoms with E-state index in [2.05, 4.69) is 25.9 Å². The molecule has 8 heteroatoms. The molecule has 2 spiro atoms. The molecule has 0 radical (unpaired) electrons. The molecule has 4 aliphatic heterocycles. The molecular formula is C21H27NO7. The van der Waals surface area contributed by atoms with Crippen molar-refractivity contribution < 1.29 is 33.7 Å². The molecule has 6 aliphatic rings. The van der Waals surface area contributed by atoms with Gasteiger partial charge >= 0.3 is 11.9 Å². The number of oxime groups is 1. The Morgan fingerprint density at radius 2 is 1.83 bits per heavy atom. The van der Waals surface area contributed by atoms with Gasteiger partial charge in [0.2, 0.25) is 0 Å². The molecule has 0 aromatic heterocycles. The second-order valence-electron chi connectivity index (χ2n) is 10.4.